The average Bonchev–Trinajstić information content (AvgIpc) is 2.65. The Hall–Kier alpha value is -2.25. The van der Waals surface area contributed by atoms with Crippen LogP contribution in [-0.2, 0) is 11.3 Å². The van der Waals surface area contributed by atoms with E-state index in [0.717, 1.165) is 31.3 Å². The molecule has 0 saturated heterocycles. The van der Waals surface area contributed by atoms with Gasteiger partial charge in [0.05, 0.1) is 6.20 Å². The molecule has 158 valence electrons. The number of benzene rings is 1. The van der Waals surface area contributed by atoms with E-state index in [4.69, 9.17) is 16.3 Å². The standard InChI is InChI=1S/C21H28ClFN4O2/c1-5-27(11-7-10-24-20(28)29-21(2,3)4)14-15-8-6-9-16(12-15)18-17(23)13-25-19(22)26-18/h6,8-9,12-13H,5,7,10-11,14H2,1-4H3,(H,24,28). The number of nitrogens with zero attached hydrogens (tertiary/aromatic N) is 3. The molecule has 0 fully saturated rings. The first-order valence-electron chi connectivity index (χ1n) is 9.64. The summed E-state index contributed by atoms with van der Waals surface area (Å²) in [5.41, 5.74) is 1.39. The van der Waals surface area contributed by atoms with Crippen molar-refractivity contribution in [3.63, 3.8) is 0 Å². The molecule has 2 aromatic rings. The van der Waals surface area contributed by atoms with Crippen molar-refractivity contribution in [2.45, 2.75) is 46.3 Å². The molecule has 0 unspecified atom stereocenters. The van der Waals surface area contributed by atoms with Gasteiger partial charge in [0, 0.05) is 25.2 Å². The van der Waals surface area contributed by atoms with E-state index in [1.54, 1.807) is 6.07 Å². The Morgan fingerprint density at radius 3 is 2.79 bits per heavy atom. The van der Waals surface area contributed by atoms with Gasteiger partial charge >= 0.3 is 6.09 Å². The van der Waals surface area contributed by atoms with Gasteiger partial charge < -0.3 is 10.1 Å². The van der Waals surface area contributed by atoms with E-state index in [1.807, 2.05) is 39.0 Å². The van der Waals surface area contributed by atoms with Crippen LogP contribution in [0.1, 0.15) is 39.7 Å². The first kappa shape index (κ1) is 23.0. The molecule has 0 spiro atoms. The van der Waals surface area contributed by atoms with Crippen molar-refractivity contribution in [1.82, 2.24) is 20.2 Å². The van der Waals surface area contributed by atoms with Crippen LogP contribution < -0.4 is 5.32 Å². The van der Waals surface area contributed by atoms with Crippen molar-refractivity contribution in [3.05, 3.63) is 47.1 Å². The van der Waals surface area contributed by atoms with Gasteiger partial charge in [0.2, 0.25) is 5.28 Å². The van der Waals surface area contributed by atoms with Gasteiger partial charge in [-0.2, -0.15) is 0 Å². The molecule has 1 N–H and O–H groups in total. The van der Waals surface area contributed by atoms with Crippen molar-refractivity contribution in [3.8, 4) is 11.3 Å². The lowest BCUT2D eigenvalue weighted by atomic mass is 10.1. The number of alkyl carbamates (subject to hydrolysis) is 1. The molecular formula is C21H28ClFN4O2. The zero-order valence-electron chi connectivity index (χ0n) is 17.3. The minimum absolute atomic E-state index is 0.0134. The highest BCUT2D eigenvalue weighted by atomic mass is 35.5. The fraction of sp³-hybridized carbons (Fsp3) is 0.476. The SMILES string of the molecule is CCN(CCCNC(=O)OC(C)(C)C)Cc1cccc(-c2nc(Cl)ncc2F)c1. The fourth-order valence-corrected chi connectivity index (χ4v) is 2.91. The van der Waals surface area contributed by atoms with Gasteiger partial charge in [-0.05, 0) is 57.0 Å². The Morgan fingerprint density at radius 1 is 1.34 bits per heavy atom. The maximum absolute atomic E-state index is 14.1. The second kappa shape index (κ2) is 10.5. The third-order valence-corrected chi connectivity index (χ3v) is 4.27. The number of ether oxygens (including phenoxy) is 1. The summed E-state index contributed by atoms with van der Waals surface area (Å²) >= 11 is 5.81. The Balaban J connectivity index is 1.91. The molecule has 0 aliphatic carbocycles. The van der Waals surface area contributed by atoms with Crippen molar-refractivity contribution in [2.75, 3.05) is 19.6 Å². The molecule has 0 aliphatic rings. The van der Waals surface area contributed by atoms with Crippen molar-refractivity contribution in [2.24, 2.45) is 0 Å². The van der Waals surface area contributed by atoms with Gasteiger partial charge in [0.15, 0.2) is 5.82 Å². The van der Waals surface area contributed by atoms with Gasteiger partial charge in [-0.25, -0.2) is 19.2 Å². The molecule has 6 nitrogen and oxygen atoms in total. The smallest absolute Gasteiger partial charge is 0.407 e. The zero-order valence-corrected chi connectivity index (χ0v) is 18.1. The lowest BCUT2D eigenvalue weighted by Crippen LogP contribution is -2.34. The summed E-state index contributed by atoms with van der Waals surface area (Å²) in [5.74, 6) is -0.507. The molecule has 8 heteroatoms. The summed E-state index contributed by atoms with van der Waals surface area (Å²) in [7, 11) is 0. The van der Waals surface area contributed by atoms with Gasteiger partial charge in [0.25, 0.3) is 0 Å². The maximum Gasteiger partial charge on any atom is 0.407 e. The van der Waals surface area contributed by atoms with Crippen LogP contribution in [0.5, 0.6) is 0 Å². The number of nitrogens with one attached hydrogen (secondary N) is 1. The zero-order chi connectivity index (χ0) is 21.4. The number of hydrogen-bond acceptors (Lipinski definition) is 5. The molecule has 0 saturated carbocycles. The minimum Gasteiger partial charge on any atom is -0.444 e. The number of carbonyl (C=O) groups excluding carboxylic acids is 1. The predicted octanol–water partition coefficient (Wildman–Crippen LogP) is 4.67. The number of aromatic nitrogens is 2. The average molecular weight is 423 g/mol. The molecule has 1 aromatic carbocycles. The van der Waals surface area contributed by atoms with Crippen molar-refractivity contribution in [1.29, 1.82) is 0 Å². The highest BCUT2D eigenvalue weighted by Gasteiger charge is 2.15. The highest BCUT2D eigenvalue weighted by Crippen LogP contribution is 2.23. The van der Waals surface area contributed by atoms with E-state index in [1.165, 1.54) is 0 Å². The van der Waals surface area contributed by atoms with Crippen molar-refractivity contribution >= 4 is 17.7 Å². The van der Waals surface area contributed by atoms with Crippen LogP contribution in [-0.4, -0.2) is 46.2 Å². The van der Waals surface area contributed by atoms with E-state index < -0.39 is 17.5 Å². The number of rotatable bonds is 8. The second-order valence-corrected chi connectivity index (χ2v) is 8.03. The second-order valence-electron chi connectivity index (χ2n) is 7.69. The molecule has 0 bridgehead atoms. The molecule has 1 amide bonds. The van der Waals surface area contributed by atoms with Crippen LogP contribution in [0.3, 0.4) is 0 Å². The van der Waals surface area contributed by atoms with Gasteiger partial charge in [-0.3, -0.25) is 4.90 Å². The molecule has 0 aliphatic heterocycles. The minimum atomic E-state index is -0.507. The quantitative estimate of drug-likeness (QED) is 0.494. The lowest BCUT2D eigenvalue weighted by Gasteiger charge is -2.22. The summed E-state index contributed by atoms with van der Waals surface area (Å²) in [6.45, 7) is 10.5. The molecule has 0 atom stereocenters. The summed E-state index contributed by atoms with van der Waals surface area (Å²) in [5, 5.41) is 2.78. The third kappa shape index (κ3) is 7.95. The number of hydrogen-bond donors (Lipinski definition) is 1. The van der Waals surface area contributed by atoms with E-state index in [9.17, 15) is 9.18 Å². The lowest BCUT2D eigenvalue weighted by molar-refractivity contribution is 0.0525. The van der Waals surface area contributed by atoms with E-state index >= 15 is 0 Å². The molecule has 0 radical (unpaired) electrons. The third-order valence-electron chi connectivity index (χ3n) is 4.09. The van der Waals surface area contributed by atoms with Crippen LogP contribution in [0.25, 0.3) is 11.3 Å². The number of amides is 1. The van der Waals surface area contributed by atoms with Crippen molar-refractivity contribution < 1.29 is 13.9 Å². The molecule has 1 heterocycles. The van der Waals surface area contributed by atoms with Crippen LogP contribution >= 0.6 is 11.6 Å². The van der Waals surface area contributed by atoms with Crippen LogP contribution in [0.4, 0.5) is 9.18 Å². The Morgan fingerprint density at radius 2 is 2.10 bits per heavy atom. The van der Waals surface area contributed by atoms with E-state index in [0.29, 0.717) is 18.7 Å². The normalized spacial score (nSPS) is 11.6. The largest absolute Gasteiger partial charge is 0.444 e. The van der Waals surface area contributed by atoms with Crippen LogP contribution in [0, 0.1) is 5.82 Å². The molecular weight excluding hydrogens is 395 g/mol. The van der Waals surface area contributed by atoms with E-state index in [2.05, 4.69) is 27.1 Å². The molecule has 2 rings (SSSR count). The molecule has 29 heavy (non-hydrogen) atoms. The maximum atomic E-state index is 14.1. The predicted molar refractivity (Wildman–Crippen MR) is 112 cm³/mol. The van der Waals surface area contributed by atoms with E-state index in [-0.39, 0.29) is 11.0 Å². The molecule has 1 aromatic heterocycles. The summed E-state index contributed by atoms with van der Waals surface area (Å²) < 4.78 is 19.3. The number of carbonyl (C=O) groups is 1. The van der Waals surface area contributed by atoms with Gasteiger partial charge in [0.1, 0.15) is 11.3 Å². The summed E-state index contributed by atoms with van der Waals surface area (Å²) in [6.07, 6.45) is 1.47. The van der Waals surface area contributed by atoms with Gasteiger partial charge in [-0.15, -0.1) is 0 Å². The van der Waals surface area contributed by atoms with Crippen LogP contribution in [0.15, 0.2) is 30.5 Å². The monoisotopic (exact) mass is 422 g/mol. The van der Waals surface area contributed by atoms with Crippen LogP contribution in [0.2, 0.25) is 5.28 Å². The highest BCUT2D eigenvalue weighted by molar-refractivity contribution is 6.28. The Labute approximate surface area is 176 Å². The Kier molecular flexibility index (Phi) is 8.34. The summed E-state index contributed by atoms with van der Waals surface area (Å²) in [4.78, 5) is 21.6. The number of halogens is 2. The first-order chi connectivity index (χ1) is 13.7. The fourth-order valence-electron chi connectivity index (χ4n) is 2.78. The Bertz CT molecular complexity index is 827. The summed E-state index contributed by atoms with van der Waals surface area (Å²) in [6, 6.07) is 7.57. The first-order valence-corrected chi connectivity index (χ1v) is 10.0. The topological polar surface area (TPSA) is 67.4 Å². The van der Waals surface area contributed by atoms with Gasteiger partial charge in [-0.1, -0.05) is 25.1 Å².